The predicted octanol–water partition coefficient (Wildman–Crippen LogP) is 5.17. The normalized spacial score (nSPS) is 10.6. The van der Waals surface area contributed by atoms with Crippen molar-refractivity contribution in [3.05, 3.63) is 77.7 Å². The van der Waals surface area contributed by atoms with Crippen LogP contribution >= 0.6 is 0 Å². The number of pyridine rings is 1. The molecular formula is C25H18F3N3O6. The number of ether oxygens (including phenoxy) is 4. The summed E-state index contributed by atoms with van der Waals surface area (Å²) >= 11 is 0. The van der Waals surface area contributed by atoms with Gasteiger partial charge in [-0.2, -0.15) is 8.78 Å². The van der Waals surface area contributed by atoms with Crippen LogP contribution in [0.4, 0.5) is 23.7 Å². The Bertz CT molecular complexity index is 1520. The minimum atomic E-state index is -1.76. The number of benzene rings is 3. The van der Waals surface area contributed by atoms with Gasteiger partial charge in [-0.05, 0) is 24.3 Å². The van der Waals surface area contributed by atoms with Crippen LogP contribution in [0.3, 0.4) is 0 Å². The number of halogens is 3. The molecule has 3 aromatic carbocycles. The van der Waals surface area contributed by atoms with E-state index >= 15 is 13.2 Å². The maximum absolute atomic E-state index is 15.3. The minimum absolute atomic E-state index is 0.0472. The van der Waals surface area contributed by atoms with E-state index in [1.165, 1.54) is 43.6 Å². The van der Waals surface area contributed by atoms with E-state index in [4.69, 9.17) is 24.7 Å². The van der Waals surface area contributed by atoms with Crippen LogP contribution in [0, 0.1) is 17.5 Å². The predicted molar refractivity (Wildman–Crippen MR) is 126 cm³/mol. The Labute approximate surface area is 207 Å². The number of carbonyl (C=O) groups excluding carboxylic acids is 2. The highest BCUT2D eigenvalue weighted by Crippen LogP contribution is 2.42. The van der Waals surface area contributed by atoms with Gasteiger partial charge < -0.3 is 24.7 Å². The second-order valence-corrected chi connectivity index (χ2v) is 7.35. The van der Waals surface area contributed by atoms with Crippen molar-refractivity contribution in [2.75, 3.05) is 19.5 Å². The number of nitrogens with two attached hydrogens (primary N) is 1. The number of nitrogens with zero attached hydrogens (tertiary/aromatic N) is 1. The molecule has 0 saturated heterocycles. The van der Waals surface area contributed by atoms with Crippen LogP contribution in [0.1, 0.15) is 10.4 Å². The van der Waals surface area contributed by atoms with Crippen molar-refractivity contribution in [1.82, 2.24) is 4.98 Å². The van der Waals surface area contributed by atoms with Crippen LogP contribution in [0.5, 0.6) is 28.7 Å². The first-order valence-electron chi connectivity index (χ1n) is 10.5. The Morgan fingerprint density at radius 1 is 0.892 bits per heavy atom. The van der Waals surface area contributed by atoms with Crippen LogP contribution in [-0.4, -0.2) is 31.2 Å². The number of nitrogens with one attached hydrogen (secondary N) is 1. The number of fused-ring (bicyclic) bond motifs is 1. The molecule has 4 aromatic rings. The molecule has 12 heteroatoms. The molecule has 4 rings (SSSR count). The van der Waals surface area contributed by atoms with Gasteiger partial charge in [-0.25, -0.2) is 9.18 Å². The average Bonchev–Trinajstić information content (AvgIpc) is 2.89. The number of aromatic nitrogens is 1. The van der Waals surface area contributed by atoms with Crippen LogP contribution in [0.15, 0.2) is 54.7 Å². The highest BCUT2D eigenvalue weighted by atomic mass is 19.2. The zero-order valence-corrected chi connectivity index (χ0v) is 19.3. The first-order valence-corrected chi connectivity index (χ1v) is 10.5. The van der Waals surface area contributed by atoms with Gasteiger partial charge in [0.25, 0.3) is 5.91 Å². The third-order valence-corrected chi connectivity index (χ3v) is 5.12. The standard InChI is InChI=1S/C25H18F3N3O6/c1-34-17-11-15-13(10-14(17)24(29)32)16(8-9-30-15)37-22-19(27)18(26)21(23(35-2)20(22)28)31-25(33)36-12-6-4-3-5-7-12/h3-11H,1-2H3,(H2,29,32)(H,31,33). The largest absolute Gasteiger partial charge is 0.496 e. The topological polar surface area (TPSA) is 122 Å². The summed E-state index contributed by atoms with van der Waals surface area (Å²) in [6.07, 6.45) is 0.0453. The van der Waals surface area contributed by atoms with E-state index in [1.807, 2.05) is 5.32 Å². The molecule has 0 saturated carbocycles. The van der Waals surface area contributed by atoms with Crippen molar-refractivity contribution in [2.24, 2.45) is 5.73 Å². The van der Waals surface area contributed by atoms with Crippen molar-refractivity contribution < 1.29 is 41.7 Å². The summed E-state index contributed by atoms with van der Waals surface area (Å²) < 4.78 is 65.7. The van der Waals surface area contributed by atoms with Gasteiger partial charge >= 0.3 is 6.09 Å². The van der Waals surface area contributed by atoms with Gasteiger partial charge in [-0.15, -0.1) is 0 Å². The first kappa shape index (κ1) is 25.1. The lowest BCUT2D eigenvalue weighted by atomic mass is 10.1. The van der Waals surface area contributed by atoms with E-state index in [0.717, 1.165) is 7.11 Å². The van der Waals surface area contributed by atoms with E-state index in [0.29, 0.717) is 0 Å². The van der Waals surface area contributed by atoms with Gasteiger partial charge in [-0.1, -0.05) is 18.2 Å². The molecule has 9 nitrogen and oxygen atoms in total. The Morgan fingerprint density at radius 3 is 2.27 bits per heavy atom. The number of primary amides is 1. The smallest absolute Gasteiger partial charge is 0.417 e. The first-order chi connectivity index (χ1) is 17.7. The molecule has 0 fully saturated rings. The highest BCUT2D eigenvalue weighted by molar-refractivity contribution is 6.01. The van der Waals surface area contributed by atoms with E-state index in [1.54, 1.807) is 18.2 Å². The summed E-state index contributed by atoms with van der Waals surface area (Å²) in [5, 5.41) is 2.07. The number of para-hydroxylation sites is 1. The zero-order chi connectivity index (χ0) is 26.7. The Morgan fingerprint density at radius 2 is 1.62 bits per heavy atom. The molecule has 0 bridgehead atoms. The lowest BCUT2D eigenvalue weighted by Gasteiger charge is -2.17. The number of methoxy groups -OCH3 is 2. The second kappa shape index (κ2) is 10.3. The van der Waals surface area contributed by atoms with Crippen molar-refractivity contribution >= 4 is 28.6 Å². The number of hydrogen-bond acceptors (Lipinski definition) is 7. The van der Waals surface area contributed by atoms with Gasteiger partial charge in [-0.3, -0.25) is 15.1 Å². The fourth-order valence-electron chi connectivity index (χ4n) is 3.44. The molecule has 0 spiro atoms. The quantitative estimate of drug-likeness (QED) is 0.327. The number of carbonyl (C=O) groups is 2. The Kier molecular flexibility index (Phi) is 7.00. The third-order valence-electron chi connectivity index (χ3n) is 5.12. The molecule has 0 aliphatic carbocycles. The van der Waals surface area contributed by atoms with E-state index in [2.05, 4.69) is 4.98 Å². The van der Waals surface area contributed by atoms with Gasteiger partial charge in [0.2, 0.25) is 17.4 Å². The molecule has 0 aliphatic heterocycles. The third kappa shape index (κ3) is 4.89. The number of anilines is 1. The average molecular weight is 513 g/mol. The van der Waals surface area contributed by atoms with Gasteiger partial charge in [0.15, 0.2) is 11.6 Å². The molecule has 190 valence electrons. The summed E-state index contributed by atoms with van der Waals surface area (Å²) in [4.78, 5) is 28.1. The molecule has 0 aliphatic rings. The van der Waals surface area contributed by atoms with Crippen molar-refractivity contribution in [1.29, 1.82) is 0 Å². The molecule has 0 unspecified atom stereocenters. The molecular weight excluding hydrogens is 495 g/mol. The van der Waals surface area contributed by atoms with Gasteiger partial charge in [0.1, 0.15) is 22.9 Å². The maximum atomic E-state index is 15.3. The van der Waals surface area contributed by atoms with Gasteiger partial charge in [0.05, 0.1) is 25.3 Å². The fourth-order valence-corrected chi connectivity index (χ4v) is 3.44. The van der Waals surface area contributed by atoms with Crippen LogP contribution in [-0.2, 0) is 0 Å². The van der Waals surface area contributed by atoms with E-state index in [9.17, 15) is 9.59 Å². The molecule has 1 aromatic heterocycles. The molecule has 0 atom stereocenters. The number of hydrogen-bond donors (Lipinski definition) is 2. The van der Waals surface area contributed by atoms with Crippen LogP contribution < -0.4 is 30.0 Å². The SMILES string of the molecule is COc1cc2nccc(Oc3c(F)c(F)c(NC(=O)Oc4ccccc4)c(OC)c3F)c2cc1C(N)=O. The molecule has 0 radical (unpaired) electrons. The van der Waals surface area contributed by atoms with Crippen molar-refractivity contribution in [2.45, 2.75) is 0 Å². The van der Waals surface area contributed by atoms with Crippen molar-refractivity contribution in [3.8, 4) is 28.7 Å². The lowest BCUT2D eigenvalue weighted by Crippen LogP contribution is -2.19. The summed E-state index contributed by atoms with van der Waals surface area (Å²) in [7, 11) is 2.31. The second-order valence-electron chi connectivity index (χ2n) is 7.35. The zero-order valence-electron chi connectivity index (χ0n) is 19.3. The summed E-state index contributed by atoms with van der Waals surface area (Å²) in [6, 6.07) is 11.6. The van der Waals surface area contributed by atoms with Crippen LogP contribution in [0.2, 0.25) is 0 Å². The van der Waals surface area contributed by atoms with Crippen LogP contribution in [0.25, 0.3) is 10.9 Å². The number of rotatable bonds is 7. The fraction of sp³-hybridized carbons (Fsp3) is 0.0800. The molecule has 2 amide bonds. The lowest BCUT2D eigenvalue weighted by molar-refractivity contribution is 0.0997. The van der Waals surface area contributed by atoms with E-state index in [-0.39, 0.29) is 33.7 Å². The summed E-state index contributed by atoms with van der Waals surface area (Å²) in [6.45, 7) is 0. The maximum Gasteiger partial charge on any atom is 0.417 e. The summed E-state index contributed by atoms with van der Waals surface area (Å²) in [5.74, 6) is -7.69. The molecule has 37 heavy (non-hydrogen) atoms. The van der Waals surface area contributed by atoms with Crippen molar-refractivity contribution in [3.63, 3.8) is 0 Å². The highest BCUT2D eigenvalue weighted by Gasteiger charge is 2.30. The summed E-state index contributed by atoms with van der Waals surface area (Å²) in [5.41, 5.74) is 4.63. The Hall–Kier alpha value is -5.00. The van der Waals surface area contributed by atoms with Gasteiger partial charge in [0, 0.05) is 17.6 Å². The minimum Gasteiger partial charge on any atom is -0.496 e. The monoisotopic (exact) mass is 513 g/mol. The Balaban J connectivity index is 1.74. The molecule has 1 heterocycles. The number of amides is 2. The molecule has 3 N–H and O–H groups in total. The van der Waals surface area contributed by atoms with E-state index < -0.39 is 46.6 Å².